The van der Waals surface area contributed by atoms with Crippen LogP contribution in [0.25, 0.3) is 6.08 Å². The van der Waals surface area contributed by atoms with Crippen molar-refractivity contribution in [2.75, 3.05) is 6.26 Å². The highest BCUT2D eigenvalue weighted by Crippen LogP contribution is 2.35. The fourth-order valence-corrected chi connectivity index (χ4v) is 2.17. The first-order chi connectivity index (χ1) is 10.0. The van der Waals surface area contributed by atoms with Crippen LogP contribution in [0.3, 0.4) is 0 Å². The first kappa shape index (κ1) is 15.0. The van der Waals surface area contributed by atoms with Crippen molar-refractivity contribution in [1.29, 1.82) is 0 Å². The van der Waals surface area contributed by atoms with Crippen LogP contribution in [0.5, 0.6) is 17.2 Å². The van der Waals surface area contributed by atoms with Crippen LogP contribution < -0.4 is 0 Å². The molecule has 0 aliphatic heterocycles. The molecule has 0 aromatic heterocycles. The highest BCUT2D eigenvalue weighted by atomic mass is 32.2. The smallest absolute Gasteiger partial charge is 0.185 e. The summed E-state index contributed by atoms with van der Waals surface area (Å²) in [6, 6.07) is 9.52. The van der Waals surface area contributed by atoms with E-state index in [9.17, 15) is 20.1 Å². The van der Waals surface area contributed by atoms with Gasteiger partial charge in [0.2, 0.25) is 0 Å². The summed E-state index contributed by atoms with van der Waals surface area (Å²) in [7, 11) is 0. The molecule has 0 atom stereocenters. The molecular weight excluding hydrogens is 288 g/mol. The lowest BCUT2D eigenvalue weighted by Crippen LogP contribution is -1.93. The number of rotatable bonds is 4. The molecule has 0 radical (unpaired) electrons. The third-order valence-electron chi connectivity index (χ3n) is 2.95. The van der Waals surface area contributed by atoms with Crippen molar-refractivity contribution >= 4 is 23.6 Å². The van der Waals surface area contributed by atoms with E-state index < -0.39 is 5.75 Å². The van der Waals surface area contributed by atoms with Crippen molar-refractivity contribution in [2.45, 2.75) is 4.90 Å². The van der Waals surface area contributed by atoms with Gasteiger partial charge in [-0.3, -0.25) is 4.79 Å². The van der Waals surface area contributed by atoms with Crippen molar-refractivity contribution in [3.05, 3.63) is 53.6 Å². The van der Waals surface area contributed by atoms with Crippen molar-refractivity contribution in [3.8, 4) is 17.2 Å². The van der Waals surface area contributed by atoms with Crippen LogP contribution in [0, 0.1) is 0 Å². The number of benzene rings is 2. The van der Waals surface area contributed by atoms with Gasteiger partial charge in [-0.1, -0.05) is 0 Å². The molecule has 0 bridgehead atoms. The SMILES string of the molecule is CSc1ccc(C(=O)/C=C/c2c(O)ccc(O)c2O)cc1. The molecule has 5 heteroatoms. The molecule has 21 heavy (non-hydrogen) atoms. The second-order valence-corrected chi connectivity index (χ2v) is 5.17. The molecule has 0 heterocycles. The van der Waals surface area contributed by atoms with Gasteiger partial charge in [0.25, 0.3) is 0 Å². The second kappa shape index (κ2) is 6.37. The minimum absolute atomic E-state index is 0.00378. The third-order valence-corrected chi connectivity index (χ3v) is 3.69. The quantitative estimate of drug-likeness (QED) is 0.265. The molecule has 2 rings (SSSR count). The van der Waals surface area contributed by atoms with Crippen LogP contribution in [0.2, 0.25) is 0 Å². The van der Waals surface area contributed by atoms with Crippen molar-refractivity contribution in [2.24, 2.45) is 0 Å². The van der Waals surface area contributed by atoms with E-state index in [2.05, 4.69) is 0 Å². The summed E-state index contributed by atoms with van der Waals surface area (Å²) in [5.74, 6) is -1.29. The van der Waals surface area contributed by atoms with Crippen molar-refractivity contribution < 1.29 is 20.1 Å². The summed E-state index contributed by atoms with van der Waals surface area (Å²) in [6.07, 6.45) is 4.46. The molecule has 0 saturated carbocycles. The van der Waals surface area contributed by atoms with Crippen LogP contribution in [0.1, 0.15) is 15.9 Å². The summed E-state index contributed by atoms with van der Waals surface area (Å²) < 4.78 is 0. The Kier molecular flexibility index (Phi) is 4.55. The number of phenols is 3. The maximum atomic E-state index is 12.0. The van der Waals surface area contributed by atoms with Crippen LogP contribution >= 0.6 is 11.8 Å². The Labute approximate surface area is 126 Å². The number of thioether (sulfide) groups is 1. The molecule has 3 N–H and O–H groups in total. The van der Waals surface area contributed by atoms with E-state index in [-0.39, 0.29) is 22.8 Å². The first-order valence-corrected chi connectivity index (χ1v) is 7.35. The Bertz CT molecular complexity index is 690. The molecule has 0 fully saturated rings. The van der Waals surface area contributed by atoms with Gasteiger partial charge in [-0.25, -0.2) is 0 Å². The highest BCUT2D eigenvalue weighted by Gasteiger charge is 2.10. The third kappa shape index (κ3) is 3.38. The lowest BCUT2D eigenvalue weighted by molar-refractivity contribution is 0.104. The zero-order valence-corrected chi connectivity index (χ0v) is 12.1. The number of ketones is 1. The molecule has 0 unspecified atom stereocenters. The second-order valence-electron chi connectivity index (χ2n) is 4.29. The number of carbonyl (C=O) groups excluding carboxylic acids is 1. The Morgan fingerprint density at radius 1 is 1.00 bits per heavy atom. The molecule has 0 amide bonds. The monoisotopic (exact) mass is 302 g/mol. The van der Waals surface area contributed by atoms with Gasteiger partial charge in [-0.15, -0.1) is 11.8 Å². The molecule has 0 aliphatic rings. The van der Waals surface area contributed by atoms with Crippen LogP contribution in [0.15, 0.2) is 47.4 Å². The van der Waals surface area contributed by atoms with Crippen molar-refractivity contribution in [3.63, 3.8) is 0 Å². The molecule has 2 aromatic carbocycles. The highest BCUT2D eigenvalue weighted by molar-refractivity contribution is 7.98. The number of hydrogen-bond donors (Lipinski definition) is 3. The molecule has 2 aromatic rings. The number of aromatic hydroxyl groups is 3. The number of hydrogen-bond acceptors (Lipinski definition) is 5. The van der Waals surface area contributed by atoms with E-state index in [0.717, 1.165) is 4.90 Å². The summed E-state index contributed by atoms with van der Waals surface area (Å²) >= 11 is 1.58. The standard InChI is InChI=1S/C16H14O4S/c1-21-11-4-2-10(3-5-11)13(17)7-6-12-14(18)8-9-15(19)16(12)20/h2-9,18-20H,1H3/b7-6+. The first-order valence-electron chi connectivity index (χ1n) is 6.13. The van der Waals surface area contributed by atoms with E-state index in [4.69, 9.17) is 0 Å². The van der Waals surface area contributed by atoms with Crippen LogP contribution in [-0.4, -0.2) is 27.4 Å². The maximum absolute atomic E-state index is 12.0. The Morgan fingerprint density at radius 3 is 2.24 bits per heavy atom. The fourth-order valence-electron chi connectivity index (χ4n) is 1.76. The molecule has 108 valence electrons. The minimum atomic E-state index is -0.461. The topological polar surface area (TPSA) is 77.8 Å². The van der Waals surface area contributed by atoms with Crippen molar-refractivity contribution in [1.82, 2.24) is 0 Å². The zero-order valence-electron chi connectivity index (χ0n) is 11.3. The summed E-state index contributed by atoms with van der Waals surface area (Å²) in [5, 5.41) is 28.7. The Hall–Kier alpha value is -2.40. The Balaban J connectivity index is 2.24. The number of carbonyl (C=O) groups is 1. The predicted molar refractivity (Wildman–Crippen MR) is 83.0 cm³/mol. The lowest BCUT2D eigenvalue weighted by Gasteiger charge is -2.04. The van der Waals surface area contributed by atoms with Gasteiger partial charge in [0.05, 0.1) is 5.56 Å². The largest absolute Gasteiger partial charge is 0.507 e. The van der Waals surface area contributed by atoms with E-state index in [1.54, 1.807) is 23.9 Å². The van der Waals surface area contributed by atoms with Crippen LogP contribution in [-0.2, 0) is 0 Å². The summed E-state index contributed by atoms with van der Waals surface area (Å²) in [4.78, 5) is 13.1. The number of phenolic OH excluding ortho intramolecular Hbond substituents is 3. The molecule has 0 aliphatic carbocycles. The maximum Gasteiger partial charge on any atom is 0.185 e. The van der Waals surface area contributed by atoms with Gasteiger partial charge >= 0.3 is 0 Å². The zero-order chi connectivity index (χ0) is 15.4. The van der Waals surface area contributed by atoms with Gasteiger partial charge < -0.3 is 15.3 Å². The predicted octanol–water partition coefficient (Wildman–Crippen LogP) is 3.42. The summed E-state index contributed by atoms with van der Waals surface area (Å²) in [6.45, 7) is 0. The molecule has 4 nitrogen and oxygen atoms in total. The molecular formula is C16H14O4S. The lowest BCUT2D eigenvalue weighted by atomic mass is 10.1. The van der Waals surface area contributed by atoms with E-state index in [1.807, 2.05) is 18.4 Å². The molecule has 0 spiro atoms. The average Bonchev–Trinajstić information content (AvgIpc) is 2.51. The van der Waals surface area contributed by atoms with Gasteiger partial charge in [-0.05, 0) is 54.8 Å². The normalized spacial score (nSPS) is 10.9. The van der Waals surface area contributed by atoms with Gasteiger partial charge in [0.1, 0.15) is 5.75 Å². The van der Waals surface area contributed by atoms with E-state index >= 15 is 0 Å². The molecule has 0 saturated heterocycles. The van der Waals surface area contributed by atoms with Gasteiger partial charge in [0.15, 0.2) is 17.3 Å². The van der Waals surface area contributed by atoms with Gasteiger partial charge in [0, 0.05) is 10.5 Å². The fraction of sp³-hybridized carbons (Fsp3) is 0.0625. The average molecular weight is 302 g/mol. The van der Waals surface area contributed by atoms with E-state index in [1.165, 1.54) is 24.3 Å². The minimum Gasteiger partial charge on any atom is -0.507 e. The number of allylic oxidation sites excluding steroid dienone is 1. The van der Waals surface area contributed by atoms with E-state index in [0.29, 0.717) is 5.56 Å². The Morgan fingerprint density at radius 2 is 1.62 bits per heavy atom. The van der Waals surface area contributed by atoms with Crippen LogP contribution in [0.4, 0.5) is 0 Å². The van der Waals surface area contributed by atoms with Gasteiger partial charge in [-0.2, -0.15) is 0 Å². The summed E-state index contributed by atoms with van der Waals surface area (Å²) in [5.41, 5.74) is 0.507.